The Labute approximate surface area is 159 Å². The van der Waals surface area contributed by atoms with E-state index in [1.165, 1.54) is 48.9 Å². The number of rotatable bonds is 1. The number of halogens is 2. The molecule has 4 heteroatoms. The second kappa shape index (κ2) is 6.19. The maximum atomic E-state index is 6.28. The van der Waals surface area contributed by atoms with Crippen LogP contribution >= 0.6 is 23.2 Å². The number of benzene rings is 2. The highest BCUT2D eigenvalue weighted by Gasteiger charge is 2.41. The number of nitrogens with zero attached hydrogens (tertiary/aromatic N) is 1. The second-order valence-electron chi connectivity index (χ2n) is 7.52. The van der Waals surface area contributed by atoms with Crippen molar-refractivity contribution in [3.8, 4) is 11.1 Å². The summed E-state index contributed by atoms with van der Waals surface area (Å²) in [6, 6.07) is 11.5. The molecule has 0 saturated carbocycles. The van der Waals surface area contributed by atoms with Crippen molar-refractivity contribution in [2.75, 3.05) is 24.5 Å². The summed E-state index contributed by atoms with van der Waals surface area (Å²) in [5.41, 5.74) is 7.04. The van der Waals surface area contributed by atoms with Gasteiger partial charge in [0.05, 0.1) is 10.0 Å². The van der Waals surface area contributed by atoms with Crippen molar-refractivity contribution in [3.05, 3.63) is 51.5 Å². The van der Waals surface area contributed by atoms with Gasteiger partial charge in [-0.15, -0.1) is 0 Å². The van der Waals surface area contributed by atoms with E-state index in [2.05, 4.69) is 28.4 Å². The normalized spacial score (nSPS) is 24.6. The summed E-state index contributed by atoms with van der Waals surface area (Å²) < 4.78 is 0. The van der Waals surface area contributed by atoms with Gasteiger partial charge >= 0.3 is 0 Å². The first-order valence-corrected chi connectivity index (χ1v) is 10.1. The average Bonchev–Trinajstić information content (AvgIpc) is 2.79. The first kappa shape index (κ1) is 16.0. The molecular weight excluding hydrogens is 351 g/mol. The van der Waals surface area contributed by atoms with Gasteiger partial charge in [-0.1, -0.05) is 29.3 Å². The van der Waals surface area contributed by atoms with Gasteiger partial charge in [-0.2, -0.15) is 0 Å². The third-order valence-corrected chi connectivity index (χ3v) is 6.84. The maximum absolute atomic E-state index is 6.28. The molecule has 2 aromatic rings. The van der Waals surface area contributed by atoms with E-state index in [0.717, 1.165) is 18.7 Å². The van der Waals surface area contributed by atoms with E-state index in [1.54, 1.807) is 5.69 Å². The van der Waals surface area contributed by atoms with Crippen molar-refractivity contribution in [1.82, 2.24) is 5.32 Å². The van der Waals surface area contributed by atoms with Crippen LogP contribution < -0.4 is 10.2 Å². The summed E-state index contributed by atoms with van der Waals surface area (Å²) in [4.78, 5) is 2.72. The van der Waals surface area contributed by atoms with Gasteiger partial charge in [0.2, 0.25) is 0 Å². The van der Waals surface area contributed by atoms with E-state index < -0.39 is 0 Å². The molecule has 3 aliphatic rings. The largest absolute Gasteiger partial charge is 0.367 e. The van der Waals surface area contributed by atoms with Crippen LogP contribution in [0.15, 0.2) is 30.3 Å². The minimum Gasteiger partial charge on any atom is -0.367 e. The average molecular weight is 373 g/mol. The third kappa shape index (κ3) is 2.58. The molecule has 2 aromatic carbocycles. The molecule has 1 fully saturated rings. The SMILES string of the molecule is Clc1ccc(-c2cc3c4c(c2)[C@H]2CNCC[C@H]2N4CCCC3)cc1Cl. The molecule has 0 radical (unpaired) electrons. The number of hydrogen-bond donors (Lipinski definition) is 1. The standard InChI is InChI=1S/C21H22Cl2N2/c22-18-5-4-13(11-19(18)23)15-9-14-3-1-2-8-25-20-6-7-24-12-17(20)16(10-15)21(14)25/h4-5,9-11,17,20,24H,1-3,6-8,12H2/t17-,20-/m1/s1. The van der Waals surface area contributed by atoms with Crippen LogP contribution in [-0.2, 0) is 6.42 Å². The molecule has 0 aromatic heterocycles. The van der Waals surface area contributed by atoms with Crippen LogP contribution in [0.1, 0.15) is 36.3 Å². The van der Waals surface area contributed by atoms with Crippen molar-refractivity contribution in [2.45, 2.75) is 37.6 Å². The van der Waals surface area contributed by atoms with E-state index in [9.17, 15) is 0 Å². The molecule has 3 aliphatic heterocycles. The molecule has 1 N–H and O–H groups in total. The Bertz CT molecular complexity index is 833. The summed E-state index contributed by atoms with van der Waals surface area (Å²) in [5, 5.41) is 4.85. The fraction of sp³-hybridized carbons (Fsp3) is 0.429. The van der Waals surface area contributed by atoms with Gasteiger partial charge in [-0.05, 0) is 78.7 Å². The molecule has 3 heterocycles. The van der Waals surface area contributed by atoms with E-state index in [4.69, 9.17) is 23.2 Å². The lowest BCUT2D eigenvalue weighted by Crippen LogP contribution is -2.44. The Morgan fingerprint density at radius 1 is 1.00 bits per heavy atom. The van der Waals surface area contributed by atoms with Gasteiger partial charge in [0.25, 0.3) is 0 Å². The fourth-order valence-corrected chi connectivity index (χ4v) is 5.26. The Morgan fingerprint density at radius 3 is 2.80 bits per heavy atom. The molecule has 130 valence electrons. The monoisotopic (exact) mass is 372 g/mol. The van der Waals surface area contributed by atoms with Gasteiger partial charge in [-0.25, -0.2) is 0 Å². The van der Waals surface area contributed by atoms with Gasteiger partial charge in [0.15, 0.2) is 0 Å². The van der Waals surface area contributed by atoms with Crippen LogP contribution in [0.3, 0.4) is 0 Å². The number of aryl methyl sites for hydroxylation is 1. The molecule has 2 nitrogen and oxygen atoms in total. The number of anilines is 1. The Morgan fingerprint density at radius 2 is 1.92 bits per heavy atom. The van der Waals surface area contributed by atoms with Crippen LogP contribution in [0.4, 0.5) is 5.69 Å². The predicted octanol–water partition coefficient (Wildman–Crippen LogP) is 5.26. The minimum absolute atomic E-state index is 0.614. The molecule has 0 bridgehead atoms. The summed E-state index contributed by atoms with van der Waals surface area (Å²) in [5.74, 6) is 0.614. The zero-order valence-electron chi connectivity index (χ0n) is 14.2. The first-order valence-electron chi connectivity index (χ1n) is 9.32. The summed E-state index contributed by atoms with van der Waals surface area (Å²) in [6.07, 6.45) is 5.01. The molecular formula is C21H22Cl2N2. The van der Waals surface area contributed by atoms with Crippen LogP contribution in [0.5, 0.6) is 0 Å². The smallest absolute Gasteiger partial charge is 0.0598 e. The molecule has 1 saturated heterocycles. The third-order valence-electron chi connectivity index (χ3n) is 6.10. The van der Waals surface area contributed by atoms with Crippen LogP contribution in [0.25, 0.3) is 11.1 Å². The van der Waals surface area contributed by atoms with Gasteiger partial charge < -0.3 is 10.2 Å². The number of fused-ring (bicyclic) bond motifs is 3. The first-order chi connectivity index (χ1) is 12.2. The number of piperidine rings is 1. The van der Waals surface area contributed by atoms with E-state index >= 15 is 0 Å². The van der Waals surface area contributed by atoms with Gasteiger partial charge in [-0.3, -0.25) is 0 Å². The number of nitrogens with one attached hydrogen (secondary N) is 1. The minimum atomic E-state index is 0.614. The fourth-order valence-electron chi connectivity index (χ4n) is 4.96. The molecule has 0 unspecified atom stereocenters. The lowest BCUT2D eigenvalue weighted by Gasteiger charge is -2.33. The van der Waals surface area contributed by atoms with Crippen molar-refractivity contribution < 1.29 is 0 Å². The van der Waals surface area contributed by atoms with Crippen molar-refractivity contribution in [1.29, 1.82) is 0 Å². The Balaban J connectivity index is 1.67. The molecule has 5 rings (SSSR count). The Kier molecular flexibility index (Phi) is 3.96. The lowest BCUT2D eigenvalue weighted by molar-refractivity contribution is 0.401. The zero-order valence-corrected chi connectivity index (χ0v) is 15.7. The van der Waals surface area contributed by atoms with Crippen LogP contribution in [0.2, 0.25) is 10.0 Å². The molecule has 0 aliphatic carbocycles. The van der Waals surface area contributed by atoms with E-state index in [1.807, 2.05) is 12.1 Å². The van der Waals surface area contributed by atoms with E-state index in [-0.39, 0.29) is 0 Å². The molecule has 0 spiro atoms. The summed E-state index contributed by atoms with van der Waals surface area (Å²) >= 11 is 12.4. The highest BCUT2D eigenvalue weighted by Crippen LogP contribution is 2.48. The Hall–Kier alpha value is -1.22. The highest BCUT2D eigenvalue weighted by molar-refractivity contribution is 6.42. The van der Waals surface area contributed by atoms with Crippen molar-refractivity contribution in [2.24, 2.45) is 0 Å². The topological polar surface area (TPSA) is 15.3 Å². The van der Waals surface area contributed by atoms with E-state index in [0.29, 0.717) is 22.0 Å². The molecule has 2 atom stereocenters. The quantitative estimate of drug-likeness (QED) is 0.733. The molecule has 0 amide bonds. The molecule has 25 heavy (non-hydrogen) atoms. The van der Waals surface area contributed by atoms with Crippen molar-refractivity contribution >= 4 is 28.9 Å². The highest BCUT2D eigenvalue weighted by atomic mass is 35.5. The summed E-state index contributed by atoms with van der Waals surface area (Å²) in [6.45, 7) is 3.45. The predicted molar refractivity (Wildman–Crippen MR) is 106 cm³/mol. The summed E-state index contributed by atoms with van der Waals surface area (Å²) in [7, 11) is 0. The second-order valence-corrected chi connectivity index (χ2v) is 8.33. The number of hydrogen-bond acceptors (Lipinski definition) is 2. The van der Waals surface area contributed by atoms with Gasteiger partial charge in [0.1, 0.15) is 0 Å². The maximum Gasteiger partial charge on any atom is 0.0598 e. The zero-order chi connectivity index (χ0) is 17.0. The lowest BCUT2D eigenvalue weighted by atomic mass is 9.87. The van der Waals surface area contributed by atoms with Crippen molar-refractivity contribution in [3.63, 3.8) is 0 Å². The van der Waals surface area contributed by atoms with Gasteiger partial charge in [0, 0.05) is 30.7 Å². The van der Waals surface area contributed by atoms with Crippen LogP contribution in [0, 0.1) is 0 Å². The van der Waals surface area contributed by atoms with Crippen LogP contribution in [-0.4, -0.2) is 25.7 Å².